The van der Waals surface area contributed by atoms with Crippen LogP contribution in [0.2, 0.25) is 0 Å². The Hall–Kier alpha value is -4.46. The third kappa shape index (κ3) is 7.56. The molecule has 0 aliphatic carbocycles. The van der Waals surface area contributed by atoms with Crippen LogP contribution in [-0.2, 0) is 11.3 Å². The normalized spacial score (nSPS) is 11.5. The molecule has 1 N–H and O–H groups in total. The summed E-state index contributed by atoms with van der Waals surface area (Å²) in [6.45, 7) is 3.11. The number of benzene rings is 3. The molecular formula is C32H37N3O5. The summed E-state index contributed by atoms with van der Waals surface area (Å²) in [5.74, 6) is 2.64. The van der Waals surface area contributed by atoms with Crippen molar-refractivity contribution < 1.29 is 23.7 Å². The average molecular weight is 544 g/mol. The van der Waals surface area contributed by atoms with E-state index in [0.29, 0.717) is 30.3 Å². The SMILES string of the molecule is COc1cc(NC(C)CCCN(Cc2ccc(OC)c(OC)c2)C(=O)COc2ccccc2)c2ncccc2c1. The maximum absolute atomic E-state index is 13.3. The molecule has 8 nitrogen and oxygen atoms in total. The van der Waals surface area contributed by atoms with E-state index in [-0.39, 0.29) is 18.6 Å². The monoisotopic (exact) mass is 543 g/mol. The van der Waals surface area contributed by atoms with E-state index < -0.39 is 0 Å². The third-order valence-electron chi connectivity index (χ3n) is 6.66. The van der Waals surface area contributed by atoms with Gasteiger partial charge in [0.25, 0.3) is 5.91 Å². The summed E-state index contributed by atoms with van der Waals surface area (Å²) in [5, 5.41) is 4.60. The number of fused-ring (bicyclic) bond motifs is 1. The number of hydrogen-bond acceptors (Lipinski definition) is 7. The number of nitrogens with one attached hydrogen (secondary N) is 1. The van der Waals surface area contributed by atoms with Gasteiger partial charge in [0, 0.05) is 36.8 Å². The van der Waals surface area contributed by atoms with Crippen molar-refractivity contribution >= 4 is 22.5 Å². The van der Waals surface area contributed by atoms with Gasteiger partial charge in [-0.1, -0.05) is 30.3 Å². The maximum atomic E-state index is 13.3. The second-order valence-corrected chi connectivity index (χ2v) is 9.54. The van der Waals surface area contributed by atoms with Crippen LogP contribution in [-0.4, -0.2) is 56.3 Å². The molecule has 1 heterocycles. The van der Waals surface area contributed by atoms with Crippen LogP contribution in [0.3, 0.4) is 0 Å². The molecular weight excluding hydrogens is 506 g/mol. The standard InChI is InChI=1S/C32H37N3O5/c1-23(34-28-20-27(37-2)19-25-11-8-16-33-32(25)28)10-9-17-35(31(36)22-40-26-12-6-5-7-13-26)21-24-14-15-29(38-3)30(18-24)39-4/h5-8,11-16,18-20,23,34H,9-10,17,21-22H2,1-4H3. The van der Waals surface area contributed by atoms with Crippen molar-refractivity contribution in [2.45, 2.75) is 32.4 Å². The lowest BCUT2D eigenvalue weighted by Gasteiger charge is -2.25. The summed E-state index contributed by atoms with van der Waals surface area (Å²) in [5.41, 5.74) is 2.78. The lowest BCUT2D eigenvalue weighted by Crippen LogP contribution is -2.35. The number of carbonyl (C=O) groups excluding carboxylic acids is 1. The Morgan fingerprint density at radius 3 is 2.45 bits per heavy atom. The van der Waals surface area contributed by atoms with Crippen molar-refractivity contribution in [1.82, 2.24) is 9.88 Å². The van der Waals surface area contributed by atoms with Gasteiger partial charge in [0.05, 0.1) is 32.5 Å². The van der Waals surface area contributed by atoms with Crippen LogP contribution in [0.15, 0.2) is 79.0 Å². The minimum atomic E-state index is -0.0813. The summed E-state index contributed by atoms with van der Waals surface area (Å²) in [6.07, 6.45) is 3.44. The highest BCUT2D eigenvalue weighted by molar-refractivity contribution is 5.91. The highest BCUT2D eigenvalue weighted by atomic mass is 16.5. The van der Waals surface area contributed by atoms with Crippen molar-refractivity contribution in [3.8, 4) is 23.0 Å². The molecule has 4 rings (SSSR count). The van der Waals surface area contributed by atoms with Gasteiger partial charge in [0.15, 0.2) is 18.1 Å². The molecule has 0 aliphatic heterocycles. The second kappa shape index (κ2) is 14.1. The first kappa shape index (κ1) is 28.5. The minimum absolute atomic E-state index is 0.0351. The number of ether oxygens (including phenoxy) is 4. The number of nitrogens with zero attached hydrogens (tertiary/aromatic N) is 2. The molecule has 0 bridgehead atoms. The zero-order valence-corrected chi connectivity index (χ0v) is 23.6. The fourth-order valence-corrected chi connectivity index (χ4v) is 4.56. The van der Waals surface area contributed by atoms with Crippen LogP contribution < -0.4 is 24.3 Å². The van der Waals surface area contributed by atoms with Gasteiger partial charge >= 0.3 is 0 Å². The number of hydrogen-bond donors (Lipinski definition) is 1. The van der Waals surface area contributed by atoms with Crippen LogP contribution >= 0.6 is 0 Å². The van der Waals surface area contributed by atoms with Gasteiger partial charge in [-0.25, -0.2) is 0 Å². The van der Waals surface area contributed by atoms with Crippen LogP contribution in [0.25, 0.3) is 10.9 Å². The van der Waals surface area contributed by atoms with Crippen molar-refractivity contribution in [2.24, 2.45) is 0 Å². The lowest BCUT2D eigenvalue weighted by molar-refractivity contribution is -0.134. The lowest BCUT2D eigenvalue weighted by atomic mass is 10.1. The minimum Gasteiger partial charge on any atom is -0.497 e. The van der Waals surface area contributed by atoms with Crippen molar-refractivity contribution in [2.75, 3.05) is 39.8 Å². The molecule has 8 heteroatoms. The fourth-order valence-electron chi connectivity index (χ4n) is 4.56. The molecule has 0 aliphatic rings. The van der Waals surface area contributed by atoms with Gasteiger partial charge in [-0.2, -0.15) is 0 Å². The highest BCUT2D eigenvalue weighted by Crippen LogP contribution is 2.29. The largest absolute Gasteiger partial charge is 0.497 e. The van der Waals surface area contributed by atoms with Crippen LogP contribution in [0, 0.1) is 0 Å². The van der Waals surface area contributed by atoms with Crippen molar-refractivity contribution in [3.63, 3.8) is 0 Å². The fraction of sp³-hybridized carbons (Fsp3) is 0.312. The van der Waals surface area contributed by atoms with Crippen LogP contribution in [0.1, 0.15) is 25.3 Å². The zero-order chi connectivity index (χ0) is 28.3. The van der Waals surface area contributed by atoms with Gasteiger partial charge in [-0.3, -0.25) is 9.78 Å². The van der Waals surface area contributed by atoms with E-state index in [9.17, 15) is 4.79 Å². The Morgan fingerprint density at radius 1 is 0.900 bits per heavy atom. The van der Waals surface area contributed by atoms with E-state index in [4.69, 9.17) is 18.9 Å². The summed E-state index contributed by atoms with van der Waals surface area (Å²) < 4.78 is 22.1. The molecule has 3 aromatic carbocycles. The smallest absolute Gasteiger partial charge is 0.260 e. The first-order valence-corrected chi connectivity index (χ1v) is 13.4. The second-order valence-electron chi connectivity index (χ2n) is 9.54. The summed E-state index contributed by atoms with van der Waals surface area (Å²) >= 11 is 0. The topological polar surface area (TPSA) is 82.2 Å². The molecule has 4 aromatic rings. The first-order valence-electron chi connectivity index (χ1n) is 13.4. The molecule has 0 radical (unpaired) electrons. The van der Waals surface area contributed by atoms with E-state index in [0.717, 1.165) is 40.7 Å². The van der Waals surface area contributed by atoms with Gasteiger partial charge in [-0.15, -0.1) is 0 Å². The number of rotatable bonds is 14. The summed E-state index contributed by atoms with van der Waals surface area (Å²) in [4.78, 5) is 19.7. The maximum Gasteiger partial charge on any atom is 0.260 e. The summed E-state index contributed by atoms with van der Waals surface area (Å²) in [6, 6.07) is 23.1. The Kier molecular flexibility index (Phi) is 10.0. The number of carbonyl (C=O) groups is 1. The van der Waals surface area contributed by atoms with E-state index in [1.165, 1.54) is 0 Å². The molecule has 0 saturated heterocycles. The quantitative estimate of drug-likeness (QED) is 0.210. The first-order chi connectivity index (χ1) is 19.5. The van der Waals surface area contributed by atoms with Crippen molar-refractivity contribution in [3.05, 3.63) is 84.6 Å². The number of aromatic nitrogens is 1. The molecule has 210 valence electrons. The molecule has 0 saturated carbocycles. The van der Waals surface area contributed by atoms with Gasteiger partial charge in [0.1, 0.15) is 11.5 Å². The van der Waals surface area contributed by atoms with Crippen LogP contribution in [0.5, 0.6) is 23.0 Å². The predicted molar refractivity (Wildman–Crippen MR) is 158 cm³/mol. The van der Waals surface area contributed by atoms with E-state index in [2.05, 4.69) is 17.2 Å². The molecule has 1 atom stereocenters. The Labute approximate surface area is 235 Å². The average Bonchev–Trinajstić information content (AvgIpc) is 2.99. The van der Waals surface area contributed by atoms with Crippen molar-refractivity contribution in [1.29, 1.82) is 0 Å². The van der Waals surface area contributed by atoms with Gasteiger partial charge in [0.2, 0.25) is 0 Å². The molecule has 1 aromatic heterocycles. The number of methoxy groups -OCH3 is 3. The van der Waals surface area contributed by atoms with E-state index in [1.54, 1.807) is 27.5 Å². The van der Waals surface area contributed by atoms with E-state index >= 15 is 0 Å². The highest BCUT2D eigenvalue weighted by Gasteiger charge is 2.17. The molecule has 1 unspecified atom stereocenters. The Morgan fingerprint density at radius 2 is 1.70 bits per heavy atom. The molecule has 1 amide bonds. The molecule has 0 fully saturated rings. The Bertz CT molecular complexity index is 1400. The predicted octanol–water partition coefficient (Wildman–Crippen LogP) is 5.95. The third-order valence-corrected chi connectivity index (χ3v) is 6.66. The van der Waals surface area contributed by atoms with Gasteiger partial charge in [-0.05, 0) is 61.7 Å². The van der Waals surface area contributed by atoms with E-state index in [1.807, 2.05) is 77.7 Å². The summed E-state index contributed by atoms with van der Waals surface area (Å²) in [7, 11) is 4.87. The van der Waals surface area contributed by atoms with Gasteiger partial charge < -0.3 is 29.2 Å². The number of pyridine rings is 1. The Balaban J connectivity index is 1.42. The van der Waals surface area contributed by atoms with Crippen LogP contribution in [0.4, 0.5) is 5.69 Å². The molecule has 40 heavy (non-hydrogen) atoms. The number of para-hydroxylation sites is 1. The molecule has 0 spiro atoms. The number of amides is 1. The number of anilines is 1. The zero-order valence-electron chi connectivity index (χ0n) is 23.6.